The third kappa shape index (κ3) is 11.8. The van der Waals surface area contributed by atoms with E-state index in [-0.39, 0.29) is 5.54 Å². The highest BCUT2D eigenvalue weighted by atomic mass is 16.5. The van der Waals surface area contributed by atoms with Crippen LogP contribution in [0.25, 0.3) is 0 Å². The summed E-state index contributed by atoms with van der Waals surface area (Å²) in [5, 5.41) is 10.1. The zero-order chi connectivity index (χ0) is 17.0. The zero-order valence-corrected chi connectivity index (χ0v) is 15.8. The molecule has 5 heteroatoms. The Morgan fingerprint density at radius 3 is 2.27 bits per heavy atom. The van der Waals surface area contributed by atoms with E-state index in [0.29, 0.717) is 12.0 Å². The van der Waals surface area contributed by atoms with Gasteiger partial charge in [-0.1, -0.05) is 13.8 Å². The van der Waals surface area contributed by atoms with Gasteiger partial charge in [-0.15, -0.1) is 0 Å². The molecule has 0 aromatic carbocycles. The molecule has 0 amide bonds. The minimum absolute atomic E-state index is 0.152. The lowest BCUT2D eigenvalue weighted by Crippen LogP contribution is -2.44. The standard InChI is InChI=1S/C17H38N4O/c1-8-18-16(20-12-13-21-17(5,6)7)19-11-10-15(14(3)4)22-9-2/h14-15,21H,8-13H2,1-7H3,(H2,18,19,20). The molecule has 0 rings (SSSR count). The van der Waals surface area contributed by atoms with Gasteiger partial charge >= 0.3 is 0 Å². The Bertz CT molecular complexity index is 298. The molecule has 5 nitrogen and oxygen atoms in total. The van der Waals surface area contributed by atoms with Crippen molar-refractivity contribution in [3.8, 4) is 0 Å². The van der Waals surface area contributed by atoms with Gasteiger partial charge in [0.25, 0.3) is 0 Å². The number of hydrogen-bond donors (Lipinski definition) is 3. The van der Waals surface area contributed by atoms with Crippen LogP contribution in [0, 0.1) is 5.92 Å². The van der Waals surface area contributed by atoms with Crippen molar-refractivity contribution in [1.82, 2.24) is 16.0 Å². The fourth-order valence-corrected chi connectivity index (χ4v) is 2.09. The number of hydrogen-bond acceptors (Lipinski definition) is 3. The van der Waals surface area contributed by atoms with E-state index in [0.717, 1.165) is 45.2 Å². The minimum Gasteiger partial charge on any atom is -0.378 e. The summed E-state index contributed by atoms with van der Waals surface area (Å²) >= 11 is 0. The number of rotatable bonds is 10. The lowest BCUT2D eigenvalue weighted by atomic mass is 10.0. The quantitative estimate of drug-likeness (QED) is 0.329. The Balaban J connectivity index is 4.19. The van der Waals surface area contributed by atoms with Crippen molar-refractivity contribution in [2.45, 2.75) is 66.5 Å². The Hall–Kier alpha value is -0.810. The summed E-state index contributed by atoms with van der Waals surface area (Å²) < 4.78 is 5.76. The molecule has 0 radical (unpaired) electrons. The van der Waals surface area contributed by atoms with E-state index >= 15 is 0 Å². The molecule has 0 fully saturated rings. The summed E-state index contributed by atoms with van der Waals surface area (Å²) in [4.78, 5) is 4.64. The summed E-state index contributed by atoms with van der Waals surface area (Å²) in [6, 6.07) is 0. The number of nitrogens with one attached hydrogen (secondary N) is 3. The van der Waals surface area contributed by atoms with E-state index in [4.69, 9.17) is 4.74 Å². The minimum atomic E-state index is 0.152. The van der Waals surface area contributed by atoms with E-state index < -0.39 is 0 Å². The molecule has 1 unspecified atom stereocenters. The molecule has 0 heterocycles. The van der Waals surface area contributed by atoms with Crippen molar-refractivity contribution < 1.29 is 4.74 Å². The summed E-state index contributed by atoms with van der Waals surface area (Å²) in [5.74, 6) is 1.42. The van der Waals surface area contributed by atoms with E-state index in [9.17, 15) is 0 Å². The smallest absolute Gasteiger partial charge is 0.191 e. The number of aliphatic imine (C=N–C) groups is 1. The van der Waals surface area contributed by atoms with Crippen LogP contribution in [-0.2, 0) is 4.74 Å². The predicted molar refractivity (Wildman–Crippen MR) is 96.6 cm³/mol. The lowest BCUT2D eigenvalue weighted by molar-refractivity contribution is 0.0266. The van der Waals surface area contributed by atoms with Gasteiger partial charge in [0, 0.05) is 38.3 Å². The van der Waals surface area contributed by atoms with Crippen LogP contribution in [0.3, 0.4) is 0 Å². The molecule has 0 aromatic rings. The van der Waals surface area contributed by atoms with Crippen molar-refractivity contribution in [2.24, 2.45) is 10.9 Å². The summed E-state index contributed by atoms with van der Waals surface area (Å²) in [5.41, 5.74) is 0.152. The van der Waals surface area contributed by atoms with Crippen LogP contribution in [-0.4, -0.2) is 50.4 Å². The molecule has 0 spiro atoms. The van der Waals surface area contributed by atoms with Crippen molar-refractivity contribution in [1.29, 1.82) is 0 Å². The second-order valence-corrected chi connectivity index (χ2v) is 6.89. The summed E-state index contributed by atoms with van der Waals surface area (Å²) in [6.07, 6.45) is 1.25. The zero-order valence-electron chi connectivity index (χ0n) is 15.8. The topological polar surface area (TPSA) is 57.7 Å². The largest absolute Gasteiger partial charge is 0.378 e. The average Bonchev–Trinajstić information content (AvgIpc) is 2.41. The molecule has 0 aliphatic carbocycles. The first-order valence-corrected chi connectivity index (χ1v) is 8.69. The molecule has 0 bridgehead atoms. The maximum Gasteiger partial charge on any atom is 0.191 e. The van der Waals surface area contributed by atoms with Gasteiger partial charge in [-0.3, -0.25) is 4.99 Å². The van der Waals surface area contributed by atoms with Gasteiger partial charge in [-0.25, -0.2) is 0 Å². The second kappa shape index (κ2) is 11.7. The average molecular weight is 315 g/mol. The van der Waals surface area contributed by atoms with Crippen molar-refractivity contribution in [3.05, 3.63) is 0 Å². The fourth-order valence-electron chi connectivity index (χ4n) is 2.09. The number of nitrogens with zero attached hydrogens (tertiary/aromatic N) is 1. The first-order valence-electron chi connectivity index (χ1n) is 8.69. The van der Waals surface area contributed by atoms with Gasteiger partial charge in [0.15, 0.2) is 5.96 Å². The maximum absolute atomic E-state index is 5.76. The highest BCUT2D eigenvalue weighted by Crippen LogP contribution is 2.10. The van der Waals surface area contributed by atoms with Crippen LogP contribution in [0.2, 0.25) is 0 Å². The monoisotopic (exact) mass is 314 g/mol. The molecule has 132 valence electrons. The lowest BCUT2D eigenvalue weighted by Gasteiger charge is -2.21. The molecule has 0 aliphatic heterocycles. The SMILES string of the molecule is CCNC(=NCCC(OCC)C(C)C)NCCNC(C)(C)C. The Morgan fingerprint density at radius 2 is 1.77 bits per heavy atom. The first kappa shape index (κ1) is 21.2. The van der Waals surface area contributed by atoms with Gasteiger partial charge < -0.3 is 20.7 Å². The van der Waals surface area contributed by atoms with Crippen molar-refractivity contribution in [3.63, 3.8) is 0 Å². The normalized spacial score (nSPS) is 14.3. The van der Waals surface area contributed by atoms with Crippen molar-refractivity contribution >= 4 is 5.96 Å². The Kier molecular flexibility index (Phi) is 11.3. The molecular weight excluding hydrogens is 276 g/mol. The molecule has 0 saturated heterocycles. The molecule has 0 saturated carbocycles. The van der Waals surface area contributed by atoms with Crippen molar-refractivity contribution in [2.75, 3.05) is 32.8 Å². The molecule has 3 N–H and O–H groups in total. The van der Waals surface area contributed by atoms with E-state index in [1.165, 1.54) is 0 Å². The van der Waals surface area contributed by atoms with Crippen LogP contribution in [0.5, 0.6) is 0 Å². The molecule has 22 heavy (non-hydrogen) atoms. The summed E-state index contributed by atoms with van der Waals surface area (Å²) in [7, 11) is 0. The van der Waals surface area contributed by atoms with E-state index in [1.807, 2.05) is 6.92 Å². The van der Waals surface area contributed by atoms with Gasteiger partial charge in [0.1, 0.15) is 0 Å². The predicted octanol–water partition coefficient (Wildman–Crippen LogP) is 2.38. The van der Waals surface area contributed by atoms with E-state index in [2.05, 4.69) is 62.5 Å². The van der Waals surface area contributed by atoms with Crippen LogP contribution in [0.4, 0.5) is 0 Å². The van der Waals surface area contributed by atoms with Gasteiger partial charge in [0.2, 0.25) is 0 Å². The summed E-state index contributed by atoms with van der Waals surface area (Å²) in [6.45, 7) is 19.3. The maximum atomic E-state index is 5.76. The molecular formula is C17H38N4O. The number of ether oxygens (including phenoxy) is 1. The first-order chi connectivity index (χ1) is 10.3. The molecule has 0 aliphatic rings. The van der Waals surface area contributed by atoms with E-state index in [1.54, 1.807) is 0 Å². The molecule has 1 atom stereocenters. The van der Waals surface area contributed by atoms with Gasteiger partial charge in [0.05, 0.1) is 6.10 Å². The fraction of sp³-hybridized carbons (Fsp3) is 0.941. The highest BCUT2D eigenvalue weighted by Gasteiger charge is 2.12. The highest BCUT2D eigenvalue weighted by molar-refractivity contribution is 5.79. The number of guanidine groups is 1. The van der Waals surface area contributed by atoms with Crippen LogP contribution < -0.4 is 16.0 Å². The third-order valence-corrected chi connectivity index (χ3v) is 3.22. The van der Waals surface area contributed by atoms with Gasteiger partial charge in [-0.2, -0.15) is 0 Å². The van der Waals surface area contributed by atoms with Crippen LogP contribution in [0.1, 0.15) is 54.9 Å². The third-order valence-electron chi connectivity index (χ3n) is 3.22. The van der Waals surface area contributed by atoms with Gasteiger partial charge in [-0.05, 0) is 47.0 Å². The Labute approximate surface area is 137 Å². The Morgan fingerprint density at radius 1 is 1.09 bits per heavy atom. The molecule has 0 aromatic heterocycles. The van der Waals surface area contributed by atoms with Crippen LogP contribution in [0.15, 0.2) is 4.99 Å². The second-order valence-electron chi connectivity index (χ2n) is 6.89. The van der Waals surface area contributed by atoms with Crippen LogP contribution >= 0.6 is 0 Å².